The van der Waals surface area contributed by atoms with Crippen LogP contribution in [-0.4, -0.2) is 30.6 Å². The van der Waals surface area contributed by atoms with Crippen molar-refractivity contribution < 1.29 is 4.79 Å². The first-order valence-corrected chi connectivity index (χ1v) is 6.72. The molecular formula is C13H24N2O. The number of hydrogen-bond donors (Lipinski definition) is 1. The molecule has 1 aliphatic carbocycles. The maximum Gasteiger partial charge on any atom is 0.317 e. The molecule has 1 aliphatic heterocycles. The van der Waals surface area contributed by atoms with Crippen molar-refractivity contribution in [2.24, 2.45) is 5.41 Å². The number of likely N-dealkylation sites (tertiary alicyclic amines) is 1. The van der Waals surface area contributed by atoms with Gasteiger partial charge in [-0.1, -0.05) is 26.2 Å². The Morgan fingerprint density at radius 3 is 2.25 bits per heavy atom. The van der Waals surface area contributed by atoms with Gasteiger partial charge in [-0.3, -0.25) is 0 Å². The van der Waals surface area contributed by atoms with Crippen molar-refractivity contribution in [1.82, 2.24) is 10.2 Å². The number of nitrogens with zero attached hydrogens (tertiary/aromatic N) is 1. The van der Waals surface area contributed by atoms with Gasteiger partial charge in [-0.05, 0) is 31.1 Å². The lowest BCUT2D eigenvalue weighted by molar-refractivity contribution is 0.147. The molecule has 1 heterocycles. The van der Waals surface area contributed by atoms with Gasteiger partial charge in [-0.25, -0.2) is 4.79 Å². The van der Waals surface area contributed by atoms with Crippen molar-refractivity contribution in [3.8, 4) is 0 Å². The number of carbonyl (C=O) groups excluding carboxylic acids is 1. The van der Waals surface area contributed by atoms with Crippen LogP contribution in [0.4, 0.5) is 4.79 Å². The van der Waals surface area contributed by atoms with E-state index < -0.39 is 0 Å². The van der Waals surface area contributed by atoms with Crippen LogP contribution in [-0.2, 0) is 0 Å². The third-order valence-electron chi connectivity index (χ3n) is 4.12. The Balaban J connectivity index is 1.73. The van der Waals surface area contributed by atoms with Crippen molar-refractivity contribution >= 4 is 6.03 Å². The van der Waals surface area contributed by atoms with Crippen LogP contribution in [0.2, 0.25) is 0 Å². The highest BCUT2D eigenvalue weighted by molar-refractivity contribution is 5.74. The Morgan fingerprint density at radius 2 is 1.75 bits per heavy atom. The Labute approximate surface area is 98.6 Å². The minimum absolute atomic E-state index is 0.162. The summed E-state index contributed by atoms with van der Waals surface area (Å²) in [6, 6.07) is 0.162. The third-order valence-corrected chi connectivity index (χ3v) is 4.12. The van der Waals surface area contributed by atoms with Gasteiger partial charge < -0.3 is 10.2 Å². The van der Waals surface area contributed by atoms with Crippen molar-refractivity contribution in [1.29, 1.82) is 0 Å². The molecule has 1 N–H and O–H groups in total. The number of rotatable bonds is 2. The molecule has 2 aliphatic rings. The van der Waals surface area contributed by atoms with Gasteiger partial charge in [-0.2, -0.15) is 0 Å². The Bertz CT molecular complexity index is 240. The molecule has 2 rings (SSSR count). The second kappa shape index (κ2) is 5.07. The molecule has 0 aromatic rings. The van der Waals surface area contributed by atoms with Crippen LogP contribution in [0.25, 0.3) is 0 Å². The first kappa shape index (κ1) is 11.7. The molecule has 0 aromatic heterocycles. The number of nitrogens with one attached hydrogen (secondary N) is 1. The molecular weight excluding hydrogens is 200 g/mol. The lowest BCUT2D eigenvalue weighted by Crippen LogP contribution is -2.46. The molecule has 2 fully saturated rings. The molecule has 0 aromatic carbocycles. The van der Waals surface area contributed by atoms with Crippen LogP contribution in [0.1, 0.15) is 51.9 Å². The highest BCUT2D eigenvalue weighted by Gasteiger charge is 2.32. The van der Waals surface area contributed by atoms with E-state index in [1.54, 1.807) is 0 Å². The number of urea groups is 1. The average Bonchev–Trinajstić information content (AvgIpc) is 2.51. The molecule has 0 atom stereocenters. The fraction of sp³-hybridized carbons (Fsp3) is 0.923. The largest absolute Gasteiger partial charge is 0.337 e. The van der Waals surface area contributed by atoms with Crippen molar-refractivity contribution in [2.75, 3.05) is 19.6 Å². The van der Waals surface area contributed by atoms with E-state index in [0.717, 1.165) is 19.6 Å². The minimum atomic E-state index is 0.162. The van der Waals surface area contributed by atoms with Crippen LogP contribution in [0.5, 0.6) is 0 Å². The van der Waals surface area contributed by atoms with Crippen LogP contribution >= 0.6 is 0 Å². The van der Waals surface area contributed by atoms with Crippen molar-refractivity contribution in [3.05, 3.63) is 0 Å². The maximum absolute atomic E-state index is 12.0. The summed E-state index contributed by atoms with van der Waals surface area (Å²) in [5.41, 5.74) is 0.390. The van der Waals surface area contributed by atoms with Gasteiger partial charge in [-0.15, -0.1) is 0 Å². The minimum Gasteiger partial charge on any atom is -0.337 e. The molecule has 1 saturated carbocycles. The van der Waals surface area contributed by atoms with Gasteiger partial charge in [0.05, 0.1) is 0 Å². The number of amides is 2. The molecule has 3 nitrogen and oxygen atoms in total. The normalized spacial score (nSPS) is 24.4. The first-order chi connectivity index (χ1) is 7.70. The summed E-state index contributed by atoms with van der Waals surface area (Å²) < 4.78 is 0. The van der Waals surface area contributed by atoms with Crippen molar-refractivity contribution in [2.45, 2.75) is 51.9 Å². The lowest BCUT2D eigenvalue weighted by Gasteiger charge is -2.38. The van der Waals surface area contributed by atoms with Gasteiger partial charge in [0.1, 0.15) is 0 Å². The fourth-order valence-corrected chi connectivity index (χ4v) is 2.63. The summed E-state index contributed by atoms with van der Waals surface area (Å²) in [6.45, 7) is 5.03. The van der Waals surface area contributed by atoms with Crippen LogP contribution in [0.15, 0.2) is 0 Å². The summed E-state index contributed by atoms with van der Waals surface area (Å²) >= 11 is 0. The predicted octanol–water partition coefficient (Wildman–Crippen LogP) is 2.76. The Morgan fingerprint density at radius 1 is 1.12 bits per heavy atom. The van der Waals surface area contributed by atoms with E-state index in [0.29, 0.717) is 5.41 Å². The SMILES string of the molecule is CC1(CNC(=O)N2CCCCCC2)CCC1. The third kappa shape index (κ3) is 2.89. The Hall–Kier alpha value is -0.730. The zero-order chi connectivity index (χ0) is 11.4. The standard InChI is InChI=1S/C13H24N2O/c1-13(7-6-8-13)11-14-12(16)15-9-4-2-3-5-10-15/h2-11H2,1H3,(H,14,16). The maximum atomic E-state index is 12.0. The van der Waals surface area contributed by atoms with Crippen molar-refractivity contribution in [3.63, 3.8) is 0 Å². The van der Waals surface area contributed by atoms with Crippen LogP contribution in [0.3, 0.4) is 0 Å². The molecule has 0 bridgehead atoms. The van der Waals surface area contributed by atoms with Gasteiger partial charge in [0.2, 0.25) is 0 Å². The number of hydrogen-bond acceptors (Lipinski definition) is 1. The molecule has 0 spiro atoms. The predicted molar refractivity (Wildman–Crippen MR) is 65.4 cm³/mol. The quantitative estimate of drug-likeness (QED) is 0.768. The Kier molecular flexibility index (Phi) is 3.72. The van der Waals surface area contributed by atoms with E-state index in [9.17, 15) is 4.79 Å². The summed E-state index contributed by atoms with van der Waals surface area (Å²) in [5, 5.41) is 3.11. The summed E-state index contributed by atoms with van der Waals surface area (Å²) in [7, 11) is 0. The topological polar surface area (TPSA) is 32.3 Å². The van der Waals surface area contributed by atoms with E-state index in [4.69, 9.17) is 0 Å². The molecule has 1 saturated heterocycles. The van der Waals surface area contributed by atoms with E-state index in [1.165, 1.54) is 44.9 Å². The summed E-state index contributed by atoms with van der Waals surface area (Å²) in [4.78, 5) is 13.9. The lowest BCUT2D eigenvalue weighted by atomic mass is 9.70. The summed E-state index contributed by atoms with van der Waals surface area (Å²) in [5.74, 6) is 0. The monoisotopic (exact) mass is 224 g/mol. The highest BCUT2D eigenvalue weighted by atomic mass is 16.2. The van der Waals surface area contributed by atoms with Gasteiger partial charge >= 0.3 is 6.03 Å². The van der Waals surface area contributed by atoms with E-state index in [2.05, 4.69) is 12.2 Å². The molecule has 0 unspecified atom stereocenters. The second-order valence-electron chi connectivity index (χ2n) is 5.72. The number of carbonyl (C=O) groups is 1. The molecule has 3 heteroatoms. The average molecular weight is 224 g/mol. The van der Waals surface area contributed by atoms with Gasteiger partial charge in [0.15, 0.2) is 0 Å². The van der Waals surface area contributed by atoms with Gasteiger partial charge in [0.25, 0.3) is 0 Å². The molecule has 0 radical (unpaired) electrons. The molecule has 16 heavy (non-hydrogen) atoms. The zero-order valence-corrected chi connectivity index (χ0v) is 10.4. The molecule has 92 valence electrons. The summed E-state index contributed by atoms with van der Waals surface area (Å²) in [6.07, 6.45) is 8.77. The molecule has 2 amide bonds. The zero-order valence-electron chi connectivity index (χ0n) is 10.4. The first-order valence-electron chi connectivity index (χ1n) is 6.72. The second-order valence-corrected chi connectivity index (χ2v) is 5.72. The van der Waals surface area contributed by atoms with E-state index in [1.807, 2.05) is 4.90 Å². The van der Waals surface area contributed by atoms with E-state index in [-0.39, 0.29) is 6.03 Å². The highest BCUT2D eigenvalue weighted by Crippen LogP contribution is 2.39. The van der Waals surface area contributed by atoms with Crippen LogP contribution < -0.4 is 5.32 Å². The smallest absolute Gasteiger partial charge is 0.317 e. The fourth-order valence-electron chi connectivity index (χ4n) is 2.63. The van der Waals surface area contributed by atoms with E-state index >= 15 is 0 Å². The van der Waals surface area contributed by atoms with Gasteiger partial charge in [0, 0.05) is 19.6 Å². The van der Waals surface area contributed by atoms with Crippen LogP contribution in [0, 0.1) is 5.41 Å².